The Kier molecular flexibility index (Phi) is 7.93. The number of esters is 1. The van der Waals surface area contributed by atoms with Crippen LogP contribution >= 0.6 is 34.3 Å². The van der Waals surface area contributed by atoms with E-state index in [0.717, 1.165) is 0 Å². The zero-order chi connectivity index (χ0) is 22.2. The number of urea groups is 1. The number of hydrogen-bond acceptors (Lipinski definition) is 8. The van der Waals surface area contributed by atoms with E-state index >= 15 is 0 Å². The largest absolute Gasteiger partial charge is 0.466 e. The molecule has 0 saturated carbocycles. The molecule has 0 spiro atoms. The predicted octanol–water partition coefficient (Wildman–Crippen LogP) is 4.18. The molecule has 0 aliphatic heterocycles. The normalized spacial score (nSPS) is 10.4. The van der Waals surface area contributed by atoms with Gasteiger partial charge in [0.05, 0.1) is 30.8 Å². The lowest BCUT2D eigenvalue weighted by atomic mass is 10.3. The lowest BCUT2D eigenvalue weighted by Gasteiger charge is -2.05. The molecule has 0 unspecified atom stereocenters. The number of thiazole rings is 2. The zero-order valence-electron chi connectivity index (χ0n) is 16.3. The molecule has 31 heavy (non-hydrogen) atoms. The van der Waals surface area contributed by atoms with Crippen LogP contribution in [-0.4, -0.2) is 34.5 Å². The van der Waals surface area contributed by atoms with Crippen LogP contribution in [0.4, 0.5) is 20.7 Å². The molecule has 0 radical (unpaired) electrons. The van der Waals surface area contributed by atoms with Crippen LogP contribution in [0.3, 0.4) is 0 Å². The fourth-order valence-corrected chi connectivity index (χ4v) is 3.93. The van der Waals surface area contributed by atoms with E-state index in [9.17, 15) is 14.4 Å². The highest BCUT2D eigenvalue weighted by Gasteiger charge is 2.13. The topological polar surface area (TPSA) is 122 Å². The molecule has 3 rings (SSSR count). The summed E-state index contributed by atoms with van der Waals surface area (Å²) in [4.78, 5) is 44.2. The van der Waals surface area contributed by atoms with Gasteiger partial charge in [-0.15, -0.1) is 22.7 Å². The van der Waals surface area contributed by atoms with Gasteiger partial charge >= 0.3 is 12.0 Å². The Hall–Kier alpha value is -3.02. The molecule has 3 amide bonds. The van der Waals surface area contributed by atoms with Gasteiger partial charge in [-0.25, -0.2) is 14.8 Å². The van der Waals surface area contributed by atoms with E-state index in [1.807, 2.05) is 0 Å². The number of anilines is 3. The van der Waals surface area contributed by atoms with Crippen molar-refractivity contribution < 1.29 is 19.1 Å². The second-order valence-corrected chi connectivity index (χ2v) is 8.23. The van der Waals surface area contributed by atoms with Crippen molar-refractivity contribution in [1.82, 2.24) is 9.97 Å². The fraction of sp³-hybridized carbons (Fsp3) is 0.211. The summed E-state index contributed by atoms with van der Waals surface area (Å²) in [5, 5.41) is 12.7. The van der Waals surface area contributed by atoms with Crippen molar-refractivity contribution >= 4 is 68.1 Å². The SMILES string of the molecule is CCOC(=O)Cc1csc(NC(=O)Cc2csc(NC(=O)Nc3ccc(Cl)cc3)n2)n1. The van der Waals surface area contributed by atoms with E-state index in [4.69, 9.17) is 16.3 Å². The first-order valence-electron chi connectivity index (χ1n) is 9.09. The Labute approximate surface area is 190 Å². The van der Waals surface area contributed by atoms with Crippen LogP contribution in [-0.2, 0) is 27.2 Å². The number of halogens is 1. The number of carbonyl (C=O) groups is 3. The number of ether oxygens (including phenoxy) is 1. The maximum atomic E-state index is 12.2. The van der Waals surface area contributed by atoms with Crippen molar-refractivity contribution in [3.63, 3.8) is 0 Å². The molecule has 162 valence electrons. The minimum absolute atomic E-state index is 0.0176. The Morgan fingerprint density at radius 2 is 1.55 bits per heavy atom. The van der Waals surface area contributed by atoms with Crippen molar-refractivity contribution in [3.8, 4) is 0 Å². The molecule has 3 N–H and O–H groups in total. The maximum Gasteiger partial charge on any atom is 0.325 e. The molecule has 0 aliphatic carbocycles. The van der Waals surface area contributed by atoms with Gasteiger partial charge < -0.3 is 15.4 Å². The second-order valence-electron chi connectivity index (χ2n) is 6.08. The van der Waals surface area contributed by atoms with E-state index in [1.165, 1.54) is 22.7 Å². The summed E-state index contributed by atoms with van der Waals surface area (Å²) in [7, 11) is 0. The van der Waals surface area contributed by atoms with Crippen LogP contribution in [0.2, 0.25) is 5.02 Å². The standard InChI is InChI=1S/C19H18ClN5O4S2/c1-2-29-16(27)8-14-10-30-18(23-14)24-15(26)7-13-9-31-19(22-13)25-17(28)21-12-5-3-11(20)4-6-12/h3-6,9-10H,2,7-8H2,1H3,(H,23,24,26)(H2,21,22,25,28). The molecule has 2 aromatic heterocycles. The Morgan fingerprint density at radius 1 is 0.935 bits per heavy atom. The predicted molar refractivity (Wildman–Crippen MR) is 121 cm³/mol. The van der Waals surface area contributed by atoms with Crippen molar-refractivity contribution in [3.05, 3.63) is 51.4 Å². The first-order valence-corrected chi connectivity index (χ1v) is 11.2. The molecule has 0 atom stereocenters. The highest BCUT2D eigenvalue weighted by molar-refractivity contribution is 7.14. The number of carbonyl (C=O) groups excluding carboxylic acids is 3. The number of amides is 3. The van der Waals surface area contributed by atoms with Crippen LogP contribution in [0.1, 0.15) is 18.3 Å². The van der Waals surface area contributed by atoms with Gasteiger partial charge in [-0.05, 0) is 31.2 Å². The van der Waals surface area contributed by atoms with E-state index in [2.05, 4.69) is 25.9 Å². The molecule has 3 aromatic rings. The third-order valence-electron chi connectivity index (χ3n) is 3.64. The Balaban J connectivity index is 1.47. The Bertz CT molecular complexity index is 1070. The lowest BCUT2D eigenvalue weighted by Crippen LogP contribution is -2.19. The molecule has 2 heterocycles. The van der Waals surface area contributed by atoms with Crippen LogP contribution in [0.25, 0.3) is 0 Å². The van der Waals surface area contributed by atoms with Crippen molar-refractivity contribution in [2.24, 2.45) is 0 Å². The number of aromatic nitrogens is 2. The van der Waals surface area contributed by atoms with Gasteiger partial charge in [-0.1, -0.05) is 11.6 Å². The molecule has 9 nitrogen and oxygen atoms in total. The summed E-state index contributed by atoms with van der Waals surface area (Å²) >= 11 is 8.24. The lowest BCUT2D eigenvalue weighted by molar-refractivity contribution is -0.142. The summed E-state index contributed by atoms with van der Waals surface area (Å²) in [6.07, 6.45) is 0.0726. The van der Waals surface area contributed by atoms with Gasteiger partial charge in [0.1, 0.15) is 0 Å². The van der Waals surface area contributed by atoms with E-state index in [1.54, 1.807) is 41.9 Å². The van der Waals surface area contributed by atoms with E-state index in [0.29, 0.717) is 39.0 Å². The van der Waals surface area contributed by atoms with Gasteiger partial charge in [-0.3, -0.25) is 14.9 Å². The monoisotopic (exact) mass is 479 g/mol. The summed E-state index contributed by atoms with van der Waals surface area (Å²) in [5.41, 5.74) is 1.63. The number of nitrogens with one attached hydrogen (secondary N) is 3. The molecular formula is C19H18ClN5O4S2. The van der Waals surface area contributed by atoms with Crippen molar-refractivity contribution in [2.75, 3.05) is 22.6 Å². The van der Waals surface area contributed by atoms with Crippen LogP contribution in [0, 0.1) is 0 Å². The van der Waals surface area contributed by atoms with Gasteiger partial charge in [0, 0.05) is 21.5 Å². The van der Waals surface area contributed by atoms with Crippen LogP contribution < -0.4 is 16.0 Å². The average Bonchev–Trinajstić information content (AvgIpc) is 3.33. The van der Waals surface area contributed by atoms with Crippen LogP contribution in [0.15, 0.2) is 35.0 Å². The molecule has 0 bridgehead atoms. The third kappa shape index (κ3) is 7.31. The quantitative estimate of drug-likeness (QED) is 0.416. The van der Waals surface area contributed by atoms with Gasteiger partial charge in [0.25, 0.3) is 0 Å². The van der Waals surface area contributed by atoms with Gasteiger partial charge in [0.15, 0.2) is 10.3 Å². The molecular weight excluding hydrogens is 462 g/mol. The highest BCUT2D eigenvalue weighted by atomic mass is 35.5. The van der Waals surface area contributed by atoms with E-state index < -0.39 is 6.03 Å². The second kappa shape index (κ2) is 10.8. The number of hydrogen-bond donors (Lipinski definition) is 3. The first-order chi connectivity index (χ1) is 14.9. The fourth-order valence-electron chi connectivity index (χ4n) is 2.37. The van der Waals surface area contributed by atoms with Gasteiger partial charge in [-0.2, -0.15) is 0 Å². The summed E-state index contributed by atoms with van der Waals surface area (Å²) in [6, 6.07) is 6.23. The molecule has 1 aromatic carbocycles. The highest BCUT2D eigenvalue weighted by Crippen LogP contribution is 2.19. The number of benzene rings is 1. The van der Waals surface area contributed by atoms with Gasteiger partial charge in [0.2, 0.25) is 5.91 Å². The molecule has 0 saturated heterocycles. The first kappa shape index (κ1) is 22.7. The summed E-state index contributed by atoms with van der Waals surface area (Å²) in [6.45, 7) is 2.04. The minimum atomic E-state index is -0.454. The number of nitrogens with zero attached hydrogens (tertiary/aromatic N) is 2. The molecule has 12 heteroatoms. The van der Waals surface area contributed by atoms with Crippen LogP contribution in [0.5, 0.6) is 0 Å². The maximum absolute atomic E-state index is 12.2. The summed E-state index contributed by atoms with van der Waals surface area (Å²) in [5.74, 6) is -0.673. The average molecular weight is 480 g/mol. The molecule has 0 aliphatic rings. The minimum Gasteiger partial charge on any atom is -0.466 e. The molecule has 0 fully saturated rings. The van der Waals surface area contributed by atoms with Crippen molar-refractivity contribution in [2.45, 2.75) is 19.8 Å². The third-order valence-corrected chi connectivity index (χ3v) is 5.51. The smallest absolute Gasteiger partial charge is 0.325 e. The Morgan fingerprint density at radius 3 is 2.19 bits per heavy atom. The zero-order valence-corrected chi connectivity index (χ0v) is 18.7. The van der Waals surface area contributed by atoms with Crippen molar-refractivity contribution in [1.29, 1.82) is 0 Å². The summed E-state index contributed by atoms with van der Waals surface area (Å²) < 4.78 is 4.87. The van der Waals surface area contributed by atoms with E-state index in [-0.39, 0.29) is 24.7 Å². The number of rotatable bonds is 8.